The predicted octanol–water partition coefficient (Wildman–Crippen LogP) is -0.936. The summed E-state index contributed by atoms with van der Waals surface area (Å²) in [7, 11) is 4.51. The molecule has 0 aromatic carbocycles. The fourth-order valence-corrected chi connectivity index (χ4v) is 0.842. The maximum absolute atomic E-state index is 10.4. The van der Waals surface area contributed by atoms with E-state index in [0.717, 1.165) is 13.1 Å². The number of rotatable bonds is 2. The third-order valence-corrected chi connectivity index (χ3v) is 1.94. The standard InChI is InChI=1S/C5H8O3.C4H8N2O.C2H6N2O/c1-4(6)3-5(7)8-2;1-6-3-2-5-4(6)7;1-4-2(3)5/h3H2,1-2H3;2-3H2,1H3,(H,5,7);1H3,(H3,3,4,5). The van der Waals surface area contributed by atoms with Crippen LogP contribution in [0.15, 0.2) is 0 Å². The summed E-state index contributed by atoms with van der Waals surface area (Å²) in [6, 6.07) is -0.454. The molecule has 1 aliphatic rings. The molecule has 1 saturated heterocycles. The minimum absolute atomic E-state index is 0.0417. The first-order chi connectivity index (χ1) is 9.24. The van der Waals surface area contributed by atoms with Crippen molar-refractivity contribution < 1.29 is 23.9 Å². The van der Waals surface area contributed by atoms with Gasteiger partial charge < -0.3 is 26.0 Å². The molecule has 9 heteroatoms. The topological polar surface area (TPSA) is 131 Å². The normalized spacial score (nSPS) is 12.0. The van der Waals surface area contributed by atoms with Crippen LogP contribution in [0.4, 0.5) is 9.59 Å². The first-order valence-electron chi connectivity index (χ1n) is 5.77. The monoisotopic (exact) mass is 290 g/mol. The minimum Gasteiger partial charge on any atom is -0.469 e. The van der Waals surface area contributed by atoms with E-state index in [1.807, 2.05) is 0 Å². The summed E-state index contributed by atoms with van der Waals surface area (Å²) in [6.07, 6.45) is -0.115. The van der Waals surface area contributed by atoms with Gasteiger partial charge in [0.15, 0.2) is 0 Å². The number of likely N-dealkylation sites (N-methyl/N-ethyl adjacent to an activating group) is 1. The van der Waals surface area contributed by atoms with Crippen molar-refractivity contribution in [3.8, 4) is 0 Å². The summed E-state index contributed by atoms with van der Waals surface area (Å²) >= 11 is 0. The molecule has 0 bridgehead atoms. The number of carbonyl (C=O) groups excluding carboxylic acids is 4. The summed E-state index contributed by atoms with van der Waals surface area (Å²) in [5, 5.41) is 4.82. The number of primary amides is 1. The molecule has 1 heterocycles. The molecule has 1 aliphatic heterocycles. The number of urea groups is 2. The Balaban J connectivity index is 0. The van der Waals surface area contributed by atoms with Crippen molar-refractivity contribution in [2.45, 2.75) is 13.3 Å². The van der Waals surface area contributed by atoms with Crippen LogP contribution in [0.1, 0.15) is 13.3 Å². The van der Waals surface area contributed by atoms with Gasteiger partial charge in [0.25, 0.3) is 0 Å². The average Bonchev–Trinajstić information content (AvgIpc) is 2.74. The van der Waals surface area contributed by atoms with Gasteiger partial charge in [0.05, 0.1) is 7.11 Å². The second-order valence-corrected chi connectivity index (χ2v) is 3.72. The van der Waals surface area contributed by atoms with E-state index in [9.17, 15) is 19.2 Å². The molecule has 1 fully saturated rings. The molecular formula is C11H22N4O5. The van der Waals surface area contributed by atoms with Gasteiger partial charge in [-0.25, -0.2) is 9.59 Å². The first kappa shape index (κ1) is 20.0. The molecule has 116 valence electrons. The number of carbonyl (C=O) groups is 4. The highest BCUT2D eigenvalue weighted by atomic mass is 16.5. The Hall–Kier alpha value is -2.32. The molecular weight excluding hydrogens is 268 g/mol. The average molecular weight is 290 g/mol. The summed E-state index contributed by atoms with van der Waals surface area (Å²) in [4.78, 5) is 41.8. The van der Waals surface area contributed by atoms with Gasteiger partial charge in [0.2, 0.25) is 0 Å². The van der Waals surface area contributed by atoms with Crippen molar-refractivity contribution in [1.82, 2.24) is 15.5 Å². The number of nitrogens with one attached hydrogen (secondary N) is 2. The Morgan fingerprint density at radius 3 is 2.05 bits per heavy atom. The second kappa shape index (κ2) is 11.8. The SMILES string of the molecule is CN1CCNC1=O.CNC(N)=O.COC(=O)CC(C)=O. The number of nitrogens with two attached hydrogens (primary N) is 1. The number of Topliss-reactive ketones (excluding diaryl/α,β-unsaturated/α-hetero) is 1. The second-order valence-electron chi connectivity index (χ2n) is 3.72. The first-order valence-corrected chi connectivity index (χ1v) is 5.77. The van der Waals surface area contributed by atoms with Gasteiger partial charge in [-0.05, 0) is 6.92 Å². The fourth-order valence-electron chi connectivity index (χ4n) is 0.842. The Morgan fingerprint density at radius 2 is 1.95 bits per heavy atom. The minimum atomic E-state index is -0.495. The molecule has 0 saturated carbocycles. The van der Waals surface area contributed by atoms with Crippen molar-refractivity contribution in [3.63, 3.8) is 0 Å². The highest BCUT2D eigenvalue weighted by Crippen LogP contribution is 1.88. The number of ketones is 1. The quantitative estimate of drug-likeness (QED) is 0.446. The van der Waals surface area contributed by atoms with Gasteiger partial charge in [0.1, 0.15) is 12.2 Å². The van der Waals surface area contributed by atoms with E-state index in [1.54, 1.807) is 11.9 Å². The van der Waals surface area contributed by atoms with Crippen LogP contribution < -0.4 is 16.4 Å². The van der Waals surface area contributed by atoms with Gasteiger partial charge in [0, 0.05) is 27.2 Å². The summed E-state index contributed by atoms with van der Waals surface area (Å²) < 4.78 is 4.20. The molecule has 1 rings (SSSR count). The molecule has 0 spiro atoms. The smallest absolute Gasteiger partial charge is 0.317 e. The largest absolute Gasteiger partial charge is 0.469 e. The summed E-state index contributed by atoms with van der Waals surface area (Å²) in [6.45, 7) is 2.99. The van der Waals surface area contributed by atoms with Crippen LogP contribution in [-0.4, -0.2) is 63.0 Å². The summed E-state index contributed by atoms with van der Waals surface area (Å²) in [5.74, 6) is -0.644. The lowest BCUT2D eigenvalue weighted by atomic mass is 10.3. The lowest BCUT2D eigenvalue weighted by Gasteiger charge is -2.01. The number of methoxy groups -OCH3 is 1. The summed E-state index contributed by atoms with van der Waals surface area (Å²) in [5.41, 5.74) is 4.54. The van der Waals surface area contributed by atoms with E-state index >= 15 is 0 Å². The van der Waals surface area contributed by atoms with Gasteiger partial charge in [-0.15, -0.1) is 0 Å². The van der Waals surface area contributed by atoms with Crippen molar-refractivity contribution in [1.29, 1.82) is 0 Å². The molecule has 0 radical (unpaired) electrons. The zero-order valence-electron chi connectivity index (χ0n) is 12.2. The Bertz CT molecular complexity index is 346. The molecule has 4 N–H and O–H groups in total. The van der Waals surface area contributed by atoms with Gasteiger partial charge in [-0.1, -0.05) is 0 Å². The van der Waals surface area contributed by atoms with E-state index in [0.29, 0.717) is 0 Å². The Morgan fingerprint density at radius 1 is 1.45 bits per heavy atom. The van der Waals surface area contributed by atoms with Crippen molar-refractivity contribution in [3.05, 3.63) is 0 Å². The van der Waals surface area contributed by atoms with Gasteiger partial charge in [-0.2, -0.15) is 0 Å². The van der Waals surface area contributed by atoms with E-state index in [1.165, 1.54) is 21.1 Å². The maximum atomic E-state index is 10.4. The van der Waals surface area contributed by atoms with Crippen molar-refractivity contribution >= 4 is 23.8 Å². The van der Waals surface area contributed by atoms with Gasteiger partial charge in [-0.3, -0.25) is 9.59 Å². The number of hydrogen-bond acceptors (Lipinski definition) is 5. The Kier molecular flexibility index (Phi) is 11.8. The van der Waals surface area contributed by atoms with E-state index < -0.39 is 12.0 Å². The molecule has 20 heavy (non-hydrogen) atoms. The van der Waals surface area contributed by atoms with Crippen LogP contribution in [0, 0.1) is 0 Å². The van der Waals surface area contributed by atoms with Crippen LogP contribution in [-0.2, 0) is 14.3 Å². The molecule has 0 aromatic heterocycles. The van der Waals surface area contributed by atoms with Crippen LogP contribution in [0.25, 0.3) is 0 Å². The van der Waals surface area contributed by atoms with Crippen molar-refractivity contribution in [2.24, 2.45) is 5.73 Å². The number of hydrogen-bond donors (Lipinski definition) is 3. The van der Waals surface area contributed by atoms with Crippen LogP contribution >= 0.6 is 0 Å². The third kappa shape index (κ3) is 13.7. The highest BCUT2D eigenvalue weighted by Gasteiger charge is 2.12. The Labute approximate surface area is 117 Å². The molecule has 0 aromatic rings. The van der Waals surface area contributed by atoms with E-state index in [2.05, 4.69) is 21.1 Å². The van der Waals surface area contributed by atoms with Crippen LogP contribution in [0.3, 0.4) is 0 Å². The number of esters is 1. The highest BCUT2D eigenvalue weighted by molar-refractivity contribution is 5.93. The predicted molar refractivity (Wildman–Crippen MR) is 72.0 cm³/mol. The molecule has 0 unspecified atom stereocenters. The van der Waals surface area contributed by atoms with E-state index in [4.69, 9.17) is 0 Å². The van der Waals surface area contributed by atoms with Crippen LogP contribution in [0.2, 0.25) is 0 Å². The van der Waals surface area contributed by atoms with E-state index in [-0.39, 0.29) is 18.2 Å². The molecule has 0 atom stereocenters. The lowest BCUT2D eigenvalue weighted by Crippen LogP contribution is -2.24. The zero-order valence-corrected chi connectivity index (χ0v) is 12.2. The van der Waals surface area contributed by atoms with Crippen LogP contribution in [0.5, 0.6) is 0 Å². The third-order valence-electron chi connectivity index (χ3n) is 1.94. The fraction of sp³-hybridized carbons (Fsp3) is 0.636. The number of amides is 4. The van der Waals surface area contributed by atoms with Gasteiger partial charge >= 0.3 is 18.0 Å². The maximum Gasteiger partial charge on any atom is 0.317 e. The number of nitrogens with zero attached hydrogens (tertiary/aromatic N) is 1. The lowest BCUT2D eigenvalue weighted by molar-refractivity contribution is -0.142. The zero-order chi connectivity index (χ0) is 16.1. The molecule has 9 nitrogen and oxygen atoms in total. The van der Waals surface area contributed by atoms with Crippen molar-refractivity contribution in [2.75, 3.05) is 34.3 Å². The molecule has 0 aliphatic carbocycles. The number of ether oxygens (including phenoxy) is 1. The molecule has 4 amide bonds.